The fourth-order valence-corrected chi connectivity index (χ4v) is 3.90. The van der Waals surface area contributed by atoms with Gasteiger partial charge in [0, 0.05) is 25.2 Å². The van der Waals surface area contributed by atoms with Crippen molar-refractivity contribution in [1.29, 1.82) is 0 Å². The average Bonchev–Trinajstić information content (AvgIpc) is 2.79. The van der Waals surface area contributed by atoms with Crippen LogP contribution >= 0.6 is 0 Å². The molecule has 29 heavy (non-hydrogen) atoms. The van der Waals surface area contributed by atoms with Gasteiger partial charge in [-0.3, -0.25) is 9.69 Å². The Balaban J connectivity index is 1.56. The Morgan fingerprint density at radius 3 is 2.66 bits per heavy atom. The zero-order chi connectivity index (χ0) is 20.1. The highest BCUT2D eigenvalue weighted by atomic mass is 16.5. The monoisotopic (exact) mass is 390 g/mol. The Kier molecular flexibility index (Phi) is 6.08. The van der Waals surface area contributed by atoms with Crippen LogP contribution in [-0.4, -0.2) is 50.8 Å². The summed E-state index contributed by atoms with van der Waals surface area (Å²) < 4.78 is 10.9. The third kappa shape index (κ3) is 4.42. The van der Waals surface area contributed by atoms with E-state index >= 15 is 0 Å². The first-order chi connectivity index (χ1) is 14.3. The zero-order valence-electron chi connectivity index (χ0n) is 16.6. The predicted molar refractivity (Wildman–Crippen MR) is 114 cm³/mol. The van der Waals surface area contributed by atoms with E-state index in [1.54, 1.807) is 7.11 Å². The first-order valence-corrected chi connectivity index (χ1v) is 9.98. The minimum atomic E-state index is -0.0528. The summed E-state index contributed by atoms with van der Waals surface area (Å²) in [4.78, 5) is 15.4. The van der Waals surface area contributed by atoms with Crippen molar-refractivity contribution in [3.8, 4) is 5.75 Å². The van der Waals surface area contributed by atoms with Crippen molar-refractivity contribution in [2.75, 3.05) is 40.0 Å². The quantitative estimate of drug-likeness (QED) is 0.698. The predicted octanol–water partition coefficient (Wildman–Crippen LogP) is 3.65. The van der Waals surface area contributed by atoms with E-state index in [0.29, 0.717) is 25.3 Å². The van der Waals surface area contributed by atoms with Crippen LogP contribution in [0.4, 0.5) is 0 Å². The second-order valence-corrected chi connectivity index (χ2v) is 7.18. The van der Waals surface area contributed by atoms with E-state index in [4.69, 9.17) is 9.47 Å². The SMILES string of the molecule is COc1cccc([C@H](CNC(=O)c2cccc3ccccc23)N2CCOCC2)c1. The van der Waals surface area contributed by atoms with Crippen LogP contribution < -0.4 is 10.1 Å². The summed E-state index contributed by atoms with van der Waals surface area (Å²) >= 11 is 0. The van der Waals surface area contributed by atoms with Crippen LogP contribution in [0.1, 0.15) is 22.0 Å². The lowest BCUT2D eigenvalue weighted by Gasteiger charge is -2.35. The number of ether oxygens (including phenoxy) is 2. The highest BCUT2D eigenvalue weighted by molar-refractivity contribution is 6.07. The van der Waals surface area contributed by atoms with Gasteiger partial charge in [0.05, 0.1) is 26.4 Å². The van der Waals surface area contributed by atoms with Crippen LogP contribution in [0.2, 0.25) is 0 Å². The highest BCUT2D eigenvalue weighted by Crippen LogP contribution is 2.25. The molecule has 1 N–H and O–H groups in total. The van der Waals surface area contributed by atoms with Crippen LogP contribution in [-0.2, 0) is 4.74 Å². The smallest absolute Gasteiger partial charge is 0.251 e. The van der Waals surface area contributed by atoms with Gasteiger partial charge in [0.15, 0.2) is 0 Å². The van der Waals surface area contributed by atoms with Crippen molar-refractivity contribution in [3.05, 3.63) is 77.9 Å². The lowest BCUT2D eigenvalue weighted by atomic mass is 10.0. The number of carbonyl (C=O) groups is 1. The summed E-state index contributed by atoms with van der Waals surface area (Å²) in [6, 6.07) is 21.9. The molecule has 1 aliphatic heterocycles. The molecule has 1 atom stereocenters. The number of amides is 1. The van der Waals surface area contributed by atoms with Crippen molar-refractivity contribution in [2.24, 2.45) is 0 Å². The molecule has 0 spiro atoms. The number of morpholine rings is 1. The number of hydrogen-bond acceptors (Lipinski definition) is 4. The fourth-order valence-electron chi connectivity index (χ4n) is 3.90. The molecule has 5 heteroatoms. The summed E-state index contributed by atoms with van der Waals surface area (Å²) in [5.74, 6) is 0.768. The van der Waals surface area contributed by atoms with Gasteiger partial charge in [0.25, 0.3) is 5.91 Å². The summed E-state index contributed by atoms with van der Waals surface area (Å²) in [6.45, 7) is 3.61. The molecule has 0 radical (unpaired) electrons. The molecular weight excluding hydrogens is 364 g/mol. The molecule has 3 aromatic rings. The highest BCUT2D eigenvalue weighted by Gasteiger charge is 2.24. The Morgan fingerprint density at radius 1 is 1.07 bits per heavy atom. The standard InChI is InChI=1S/C24H26N2O3/c1-28-20-9-4-8-19(16-20)23(26-12-14-29-15-13-26)17-25-24(27)22-11-5-7-18-6-2-3-10-21(18)22/h2-11,16,23H,12-15,17H2,1H3,(H,25,27)/t23-/m0/s1. The maximum Gasteiger partial charge on any atom is 0.251 e. The van der Waals surface area contributed by atoms with E-state index in [2.05, 4.69) is 16.3 Å². The molecule has 0 aromatic heterocycles. The lowest BCUT2D eigenvalue weighted by molar-refractivity contribution is 0.0162. The van der Waals surface area contributed by atoms with Crippen molar-refractivity contribution in [1.82, 2.24) is 10.2 Å². The van der Waals surface area contributed by atoms with Crippen LogP contribution in [0.15, 0.2) is 66.7 Å². The van der Waals surface area contributed by atoms with Crippen LogP contribution in [0.25, 0.3) is 10.8 Å². The maximum atomic E-state index is 13.0. The summed E-state index contributed by atoms with van der Waals surface area (Å²) in [5, 5.41) is 5.20. The van der Waals surface area contributed by atoms with E-state index in [-0.39, 0.29) is 11.9 Å². The minimum Gasteiger partial charge on any atom is -0.497 e. The average molecular weight is 390 g/mol. The van der Waals surface area contributed by atoms with E-state index in [1.165, 1.54) is 0 Å². The zero-order valence-corrected chi connectivity index (χ0v) is 16.6. The summed E-state index contributed by atoms with van der Waals surface area (Å²) in [7, 11) is 1.67. The molecule has 150 valence electrons. The van der Waals surface area contributed by atoms with Gasteiger partial charge in [-0.05, 0) is 34.5 Å². The van der Waals surface area contributed by atoms with Gasteiger partial charge in [-0.15, -0.1) is 0 Å². The molecule has 1 fully saturated rings. The Bertz CT molecular complexity index is 977. The van der Waals surface area contributed by atoms with Gasteiger partial charge < -0.3 is 14.8 Å². The molecule has 3 aromatic carbocycles. The Labute approximate surface area is 171 Å². The Hall–Kier alpha value is -2.89. The van der Waals surface area contributed by atoms with E-state index < -0.39 is 0 Å². The Morgan fingerprint density at radius 2 is 1.83 bits per heavy atom. The number of nitrogens with zero attached hydrogens (tertiary/aromatic N) is 1. The fraction of sp³-hybridized carbons (Fsp3) is 0.292. The van der Waals surface area contributed by atoms with Gasteiger partial charge in [-0.2, -0.15) is 0 Å². The van der Waals surface area contributed by atoms with E-state index in [9.17, 15) is 4.79 Å². The van der Waals surface area contributed by atoms with Gasteiger partial charge >= 0.3 is 0 Å². The topological polar surface area (TPSA) is 50.8 Å². The largest absolute Gasteiger partial charge is 0.497 e. The minimum absolute atomic E-state index is 0.0528. The molecule has 1 heterocycles. The molecule has 1 saturated heterocycles. The molecular formula is C24H26N2O3. The molecule has 0 bridgehead atoms. The second-order valence-electron chi connectivity index (χ2n) is 7.18. The summed E-state index contributed by atoms with van der Waals surface area (Å²) in [6.07, 6.45) is 0. The first kappa shape index (κ1) is 19.4. The summed E-state index contributed by atoms with van der Waals surface area (Å²) in [5.41, 5.74) is 1.83. The molecule has 1 aliphatic rings. The molecule has 5 nitrogen and oxygen atoms in total. The number of nitrogens with one attached hydrogen (secondary N) is 1. The van der Waals surface area contributed by atoms with Crippen LogP contribution in [0.3, 0.4) is 0 Å². The number of hydrogen-bond donors (Lipinski definition) is 1. The third-order valence-corrected chi connectivity index (χ3v) is 5.46. The van der Waals surface area contributed by atoms with Crippen molar-refractivity contribution in [3.63, 3.8) is 0 Å². The van der Waals surface area contributed by atoms with Gasteiger partial charge in [0.2, 0.25) is 0 Å². The van der Waals surface area contributed by atoms with Crippen LogP contribution in [0, 0.1) is 0 Å². The lowest BCUT2D eigenvalue weighted by Crippen LogP contribution is -2.43. The normalized spacial score (nSPS) is 15.8. The first-order valence-electron chi connectivity index (χ1n) is 9.98. The van der Waals surface area contributed by atoms with Crippen LogP contribution in [0.5, 0.6) is 5.75 Å². The van der Waals surface area contributed by atoms with E-state index in [1.807, 2.05) is 60.7 Å². The molecule has 0 unspecified atom stereocenters. The number of methoxy groups -OCH3 is 1. The van der Waals surface area contributed by atoms with Gasteiger partial charge in [0.1, 0.15) is 5.75 Å². The number of fused-ring (bicyclic) bond motifs is 1. The third-order valence-electron chi connectivity index (χ3n) is 5.46. The van der Waals surface area contributed by atoms with Gasteiger partial charge in [-0.1, -0.05) is 48.5 Å². The molecule has 4 rings (SSSR count). The second kappa shape index (κ2) is 9.07. The number of carbonyl (C=O) groups excluding carboxylic acids is 1. The molecule has 0 aliphatic carbocycles. The van der Waals surface area contributed by atoms with Crippen molar-refractivity contribution < 1.29 is 14.3 Å². The molecule has 0 saturated carbocycles. The van der Waals surface area contributed by atoms with Gasteiger partial charge in [-0.25, -0.2) is 0 Å². The van der Waals surface area contributed by atoms with Crippen molar-refractivity contribution in [2.45, 2.75) is 6.04 Å². The molecule has 1 amide bonds. The maximum absolute atomic E-state index is 13.0. The van der Waals surface area contributed by atoms with E-state index in [0.717, 1.165) is 35.2 Å². The number of benzene rings is 3. The number of rotatable bonds is 6. The van der Waals surface area contributed by atoms with Crippen molar-refractivity contribution >= 4 is 16.7 Å².